The Balaban J connectivity index is 2.39. The van der Waals surface area contributed by atoms with E-state index in [1.165, 1.54) is 11.5 Å². The molecule has 6 heteroatoms. The van der Waals surface area contributed by atoms with Gasteiger partial charge in [-0.3, -0.25) is 0 Å². The first-order valence-corrected chi connectivity index (χ1v) is 7.07. The predicted molar refractivity (Wildman–Crippen MR) is 76.1 cm³/mol. The van der Waals surface area contributed by atoms with Crippen LogP contribution in [0.5, 0.6) is 0 Å². The molecule has 18 heavy (non-hydrogen) atoms. The second-order valence-corrected chi connectivity index (χ2v) is 5.03. The van der Waals surface area contributed by atoms with Crippen molar-refractivity contribution in [3.8, 4) is 0 Å². The average molecular weight is 265 g/mol. The van der Waals surface area contributed by atoms with Crippen molar-refractivity contribution in [1.29, 1.82) is 0 Å². The van der Waals surface area contributed by atoms with Gasteiger partial charge in [0.1, 0.15) is 17.0 Å². The number of rotatable bonds is 6. The van der Waals surface area contributed by atoms with E-state index in [1.54, 1.807) is 6.33 Å². The zero-order valence-corrected chi connectivity index (χ0v) is 11.7. The second-order valence-electron chi connectivity index (χ2n) is 4.27. The molecule has 0 spiro atoms. The van der Waals surface area contributed by atoms with Gasteiger partial charge in [-0.2, -0.15) is 4.37 Å². The van der Waals surface area contributed by atoms with E-state index in [2.05, 4.69) is 26.2 Å². The van der Waals surface area contributed by atoms with Gasteiger partial charge in [-0.05, 0) is 24.9 Å². The number of aromatic nitrogens is 3. The van der Waals surface area contributed by atoms with Gasteiger partial charge in [0.05, 0.1) is 11.1 Å². The van der Waals surface area contributed by atoms with Gasteiger partial charge in [-0.15, -0.1) is 0 Å². The minimum atomic E-state index is 0.631. The summed E-state index contributed by atoms with van der Waals surface area (Å²) in [6.07, 6.45) is 3.92. The summed E-state index contributed by atoms with van der Waals surface area (Å²) in [4.78, 5) is 11.9. The van der Waals surface area contributed by atoms with E-state index in [0.29, 0.717) is 6.54 Å². The highest BCUT2D eigenvalue weighted by Gasteiger charge is 2.15. The van der Waals surface area contributed by atoms with Crippen LogP contribution in [0.15, 0.2) is 6.33 Å². The van der Waals surface area contributed by atoms with Gasteiger partial charge in [0.15, 0.2) is 0 Å². The Labute approximate surface area is 111 Å². The number of fused-ring (bicyclic) bond motifs is 1. The Morgan fingerprint density at radius 1 is 1.33 bits per heavy atom. The molecule has 2 heterocycles. The van der Waals surface area contributed by atoms with Gasteiger partial charge in [-0.25, -0.2) is 9.97 Å². The van der Waals surface area contributed by atoms with Crippen molar-refractivity contribution < 1.29 is 0 Å². The first-order valence-electron chi connectivity index (χ1n) is 6.30. The van der Waals surface area contributed by atoms with Gasteiger partial charge in [-0.1, -0.05) is 13.3 Å². The lowest BCUT2D eigenvalue weighted by Crippen LogP contribution is -2.31. The molecular formula is C12H19N5S. The fourth-order valence-corrected chi connectivity index (χ4v) is 2.71. The summed E-state index contributed by atoms with van der Waals surface area (Å²) < 4.78 is 4.36. The number of hydrogen-bond acceptors (Lipinski definition) is 6. The van der Waals surface area contributed by atoms with E-state index in [4.69, 9.17) is 5.73 Å². The van der Waals surface area contributed by atoms with Crippen molar-refractivity contribution in [3.63, 3.8) is 0 Å². The summed E-state index contributed by atoms with van der Waals surface area (Å²) >= 11 is 1.43. The number of aryl methyl sites for hydroxylation is 1. The number of hydrogen-bond donors (Lipinski definition) is 1. The molecular weight excluding hydrogens is 246 g/mol. The normalized spacial score (nSPS) is 11.1. The lowest BCUT2D eigenvalue weighted by molar-refractivity contribution is 0.709. The molecule has 0 aliphatic rings. The molecule has 2 aromatic heterocycles. The molecule has 2 rings (SSSR count). The van der Waals surface area contributed by atoms with Crippen molar-refractivity contribution >= 4 is 27.6 Å². The van der Waals surface area contributed by atoms with Gasteiger partial charge < -0.3 is 10.6 Å². The summed E-state index contributed by atoms with van der Waals surface area (Å²) in [6.45, 7) is 6.63. The van der Waals surface area contributed by atoms with Gasteiger partial charge in [0, 0.05) is 19.6 Å². The summed E-state index contributed by atoms with van der Waals surface area (Å²) in [5.41, 5.74) is 6.70. The van der Waals surface area contributed by atoms with Crippen LogP contribution in [0.4, 0.5) is 5.82 Å². The van der Waals surface area contributed by atoms with Crippen molar-refractivity contribution in [3.05, 3.63) is 12.0 Å². The summed E-state index contributed by atoms with van der Waals surface area (Å²) in [6, 6.07) is 0. The summed E-state index contributed by atoms with van der Waals surface area (Å²) in [7, 11) is 0. The molecule has 0 aromatic carbocycles. The van der Waals surface area contributed by atoms with Crippen molar-refractivity contribution in [2.75, 3.05) is 24.5 Å². The quantitative estimate of drug-likeness (QED) is 0.864. The standard InChI is InChI=1S/C12H19N5S/c1-3-4-6-17(7-5-13)11-10-9(2)16-18-12(10)15-8-14-11/h8H,3-7,13H2,1-2H3. The molecule has 2 N–H and O–H groups in total. The SMILES string of the molecule is CCCCN(CCN)c1ncnc2snc(C)c12. The molecule has 0 bridgehead atoms. The topological polar surface area (TPSA) is 67.9 Å². The number of nitrogens with zero attached hydrogens (tertiary/aromatic N) is 4. The van der Waals surface area contributed by atoms with Crippen molar-refractivity contribution in [2.45, 2.75) is 26.7 Å². The second kappa shape index (κ2) is 6.06. The molecule has 0 saturated carbocycles. The molecule has 0 radical (unpaired) electrons. The summed E-state index contributed by atoms with van der Waals surface area (Å²) in [5.74, 6) is 0.977. The fraction of sp³-hybridized carbons (Fsp3) is 0.583. The van der Waals surface area contributed by atoms with Crippen LogP contribution in [0, 0.1) is 6.92 Å². The van der Waals surface area contributed by atoms with E-state index in [0.717, 1.165) is 47.7 Å². The smallest absolute Gasteiger partial charge is 0.149 e. The van der Waals surface area contributed by atoms with Crippen molar-refractivity contribution in [1.82, 2.24) is 14.3 Å². The van der Waals surface area contributed by atoms with Crippen LogP contribution in [-0.4, -0.2) is 34.0 Å². The largest absolute Gasteiger partial charge is 0.355 e. The van der Waals surface area contributed by atoms with Gasteiger partial charge >= 0.3 is 0 Å². The molecule has 2 aromatic rings. The Hall–Kier alpha value is -1.27. The molecule has 0 aliphatic heterocycles. The molecule has 0 saturated heterocycles. The molecule has 0 amide bonds. The van der Waals surface area contributed by atoms with Crippen molar-refractivity contribution in [2.24, 2.45) is 5.73 Å². The molecule has 5 nitrogen and oxygen atoms in total. The van der Waals surface area contributed by atoms with Crippen LogP contribution in [0.25, 0.3) is 10.2 Å². The third-order valence-electron chi connectivity index (χ3n) is 2.90. The molecule has 0 fully saturated rings. The van der Waals surface area contributed by atoms with Crippen LogP contribution < -0.4 is 10.6 Å². The summed E-state index contributed by atoms with van der Waals surface area (Å²) in [5, 5.41) is 1.08. The first-order chi connectivity index (χ1) is 8.77. The first kappa shape index (κ1) is 13.2. The van der Waals surface area contributed by atoms with E-state index in [1.807, 2.05) is 6.92 Å². The predicted octanol–water partition coefficient (Wildman–Crippen LogP) is 1.96. The Morgan fingerprint density at radius 2 is 2.17 bits per heavy atom. The van der Waals surface area contributed by atoms with E-state index >= 15 is 0 Å². The van der Waals surface area contributed by atoms with Gasteiger partial charge in [0.2, 0.25) is 0 Å². The monoisotopic (exact) mass is 265 g/mol. The Kier molecular flexibility index (Phi) is 4.43. The fourth-order valence-electron chi connectivity index (χ4n) is 1.97. The third kappa shape index (κ3) is 2.59. The number of unbranched alkanes of at least 4 members (excludes halogenated alkanes) is 1. The van der Waals surface area contributed by atoms with E-state index in [9.17, 15) is 0 Å². The van der Waals surface area contributed by atoms with Crippen LogP contribution >= 0.6 is 11.5 Å². The maximum Gasteiger partial charge on any atom is 0.149 e. The minimum absolute atomic E-state index is 0.631. The minimum Gasteiger partial charge on any atom is -0.355 e. The lowest BCUT2D eigenvalue weighted by Gasteiger charge is -2.23. The highest BCUT2D eigenvalue weighted by atomic mass is 32.1. The van der Waals surface area contributed by atoms with E-state index < -0.39 is 0 Å². The zero-order chi connectivity index (χ0) is 13.0. The maximum atomic E-state index is 5.70. The lowest BCUT2D eigenvalue weighted by atomic mass is 10.2. The molecule has 98 valence electrons. The van der Waals surface area contributed by atoms with Crippen LogP contribution in [-0.2, 0) is 0 Å². The van der Waals surface area contributed by atoms with Gasteiger partial charge in [0.25, 0.3) is 0 Å². The highest BCUT2D eigenvalue weighted by molar-refractivity contribution is 7.13. The average Bonchev–Trinajstić information content (AvgIpc) is 2.77. The Bertz CT molecular complexity index is 510. The zero-order valence-electron chi connectivity index (χ0n) is 10.9. The molecule has 0 aliphatic carbocycles. The maximum absolute atomic E-state index is 5.70. The van der Waals surface area contributed by atoms with Crippen LogP contribution in [0.1, 0.15) is 25.5 Å². The third-order valence-corrected chi connectivity index (χ3v) is 3.75. The number of anilines is 1. The number of nitrogens with two attached hydrogens (primary N) is 1. The highest BCUT2D eigenvalue weighted by Crippen LogP contribution is 2.28. The Morgan fingerprint density at radius 3 is 2.89 bits per heavy atom. The van der Waals surface area contributed by atoms with Crippen LogP contribution in [0.2, 0.25) is 0 Å². The van der Waals surface area contributed by atoms with Crippen LogP contribution in [0.3, 0.4) is 0 Å². The molecule has 0 unspecified atom stereocenters. The molecule has 0 atom stereocenters. The van der Waals surface area contributed by atoms with E-state index in [-0.39, 0.29) is 0 Å².